The van der Waals surface area contributed by atoms with Gasteiger partial charge in [0.15, 0.2) is 0 Å². The molecule has 0 bridgehead atoms. The third-order valence-corrected chi connectivity index (χ3v) is 4.05. The lowest BCUT2D eigenvalue weighted by molar-refractivity contribution is 0.282. The van der Waals surface area contributed by atoms with Gasteiger partial charge >= 0.3 is 0 Å². The molecule has 0 spiro atoms. The standard InChI is InChI=1S/C12H18N2OS/c1-9-6-14(7-10(2)16-9)12-5-13-4-3-11(12)8-15/h3-5,9-10,15H,6-8H2,1-2H3. The number of anilines is 1. The number of aromatic nitrogens is 1. The Kier molecular flexibility index (Phi) is 3.71. The predicted molar refractivity (Wildman–Crippen MR) is 68.9 cm³/mol. The van der Waals surface area contributed by atoms with Gasteiger partial charge in [-0.25, -0.2) is 0 Å². The van der Waals surface area contributed by atoms with Crippen molar-refractivity contribution in [2.45, 2.75) is 31.0 Å². The quantitative estimate of drug-likeness (QED) is 0.854. The summed E-state index contributed by atoms with van der Waals surface area (Å²) in [6.45, 7) is 6.66. The molecular formula is C12H18N2OS. The van der Waals surface area contributed by atoms with Crippen LogP contribution >= 0.6 is 11.8 Å². The highest BCUT2D eigenvalue weighted by molar-refractivity contribution is 8.00. The maximum Gasteiger partial charge on any atom is 0.0703 e. The van der Waals surface area contributed by atoms with Gasteiger partial charge in [0, 0.05) is 35.3 Å². The Morgan fingerprint density at radius 1 is 1.44 bits per heavy atom. The Hall–Kier alpha value is -0.740. The molecule has 3 nitrogen and oxygen atoms in total. The third kappa shape index (κ3) is 2.50. The molecular weight excluding hydrogens is 220 g/mol. The normalized spacial score (nSPS) is 25.8. The zero-order valence-electron chi connectivity index (χ0n) is 9.76. The fraction of sp³-hybridized carbons (Fsp3) is 0.583. The predicted octanol–water partition coefficient (Wildman–Crippen LogP) is 1.90. The van der Waals surface area contributed by atoms with Crippen molar-refractivity contribution in [3.8, 4) is 0 Å². The second kappa shape index (κ2) is 5.06. The Balaban J connectivity index is 2.22. The van der Waals surface area contributed by atoms with Gasteiger partial charge in [0.1, 0.15) is 0 Å². The van der Waals surface area contributed by atoms with Crippen LogP contribution in [0, 0.1) is 0 Å². The highest BCUT2D eigenvalue weighted by Crippen LogP contribution is 2.29. The minimum Gasteiger partial charge on any atom is -0.392 e. The molecule has 0 amide bonds. The van der Waals surface area contributed by atoms with Crippen molar-refractivity contribution < 1.29 is 5.11 Å². The zero-order chi connectivity index (χ0) is 11.5. The summed E-state index contributed by atoms with van der Waals surface area (Å²) in [5.74, 6) is 0. The number of rotatable bonds is 2. The fourth-order valence-electron chi connectivity index (χ4n) is 2.21. The zero-order valence-corrected chi connectivity index (χ0v) is 10.6. The minimum atomic E-state index is 0.0876. The molecule has 0 aromatic carbocycles. The Morgan fingerprint density at radius 2 is 2.12 bits per heavy atom. The molecule has 1 aliphatic rings. The molecule has 1 aromatic heterocycles. The molecule has 1 aromatic rings. The van der Waals surface area contributed by atoms with Gasteiger partial charge in [0.25, 0.3) is 0 Å². The van der Waals surface area contributed by atoms with Crippen molar-refractivity contribution in [1.29, 1.82) is 0 Å². The molecule has 1 N–H and O–H groups in total. The summed E-state index contributed by atoms with van der Waals surface area (Å²) in [5, 5.41) is 10.6. The van der Waals surface area contributed by atoms with Crippen LogP contribution < -0.4 is 4.90 Å². The Morgan fingerprint density at radius 3 is 2.75 bits per heavy atom. The summed E-state index contributed by atoms with van der Waals surface area (Å²) in [7, 11) is 0. The van der Waals surface area contributed by atoms with E-state index >= 15 is 0 Å². The molecule has 0 radical (unpaired) electrons. The van der Waals surface area contributed by atoms with Gasteiger partial charge in [-0.1, -0.05) is 13.8 Å². The van der Waals surface area contributed by atoms with Gasteiger partial charge < -0.3 is 10.0 Å². The molecule has 2 atom stereocenters. The number of nitrogens with zero attached hydrogens (tertiary/aromatic N) is 2. The summed E-state index contributed by atoms with van der Waals surface area (Å²) >= 11 is 2.03. The summed E-state index contributed by atoms with van der Waals surface area (Å²) in [6.07, 6.45) is 3.60. The lowest BCUT2D eigenvalue weighted by atomic mass is 10.2. The van der Waals surface area contributed by atoms with E-state index in [1.54, 1.807) is 6.20 Å². The largest absolute Gasteiger partial charge is 0.392 e. The Bertz CT molecular complexity index is 349. The van der Waals surface area contributed by atoms with Gasteiger partial charge in [0.2, 0.25) is 0 Å². The van der Waals surface area contributed by atoms with Crippen molar-refractivity contribution >= 4 is 17.4 Å². The van der Waals surface area contributed by atoms with Crippen molar-refractivity contribution in [3.05, 3.63) is 24.0 Å². The van der Waals surface area contributed by atoms with Gasteiger partial charge in [0.05, 0.1) is 18.5 Å². The molecule has 4 heteroatoms. The fourth-order valence-corrected chi connectivity index (χ4v) is 3.53. The van der Waals surface area contributed by atoms with E-state index in [4.69, 9.17) is 0 Å². The first-order valence-electron chi connectivity index (χ1n) is 5.65. The number of hydrogen-bond donors (Lipinski definition) is 1. The second-order valence-electron chi connectivity index (χ2n) is 4.32. The van der Waals surface area contributed by atoms with E-state index in [1.807, 2.05) is 24.0 Å². The van der Waals surface area contributed by atoms with Crippen LogP contribution in [0.1, 0.15) is 19.4 Å². The lowest BCUT2D eigenvalue weighted by Crippen LogP contribution is -2.40. The summed E-state index contributed by atoms with van der Waals surface area (Å²) < 4.78 is 0. The van der Waals surface area contributed by atoms with Crippen LogP contribution in [0.4, 0.5) is 5.69 Å². The van der Waals surface area contributed by atoms with E-state index < -0.39 is 0 Å². The topological polar surface area (TPSA) is 36.4 Å². The average Bonchev–Trinajstić information content (AvgIpc) is 2.27. The van der Waals surface area contributed by atoms with Crippen LogP contribution in [0.25, 0.3) is 0 Å². The van der Waals surface area contributed by atoms with Crippen molar-refractivity contribution in [3.63, 3.8) is 0 Å². The highest BCUT2D eigenvalue weighted by atomic mass is 32.2. The first-order valence-corrected chi connectivity index (χ1v) is 6.59. The number of thioether (sulfide) groups is 1. The SMILES string of the molecule is CC1CN(c2cnccc2CO)CC(C)S1. The molecule has 88 valence electrons. The van der Waals surface area contributed by atoms with Crippen molar-refractivity contribution in [1.82, 2.24) is 4.98 Å². The maximum absolute atomic E-state index is 9.32. The molecule has 2 heterocycles. The highest BCUT2D eigenvalue weighted by Gasteiger charge is 2.23. The number of hydrogen-bond acceptors (Lipinski definition) is 4. The minimum absolute atomic E-state index is 0.0876. The Labute approximate surface area is 101 Å². The molecule has 1 saturated heterocycles. The van der Waals surface area contributed by atoms with Crippen LogP contribution in [0.15, 0.2) is 18.5 Å². The average molecular weight is 238 g/mol. The van der Waals surface area contributed by atoms with E-state index in [-0.39, 0.29) is 6.61 Å². The van der Waals surface area contributed by atoms with E-state index in [0.717, 1.165) is 24.3 Å². The van der Waals surface area contributed by atoms with Crippen LogP contribution in [-0.4, -0.2) is 33.7 Å². The first kappa shape index (κ1) is 11.7. The lowest BCUT2D eigenvalue weighted by Gasteiger charge is -2.36. The summed E-state index contributed by atoms with van der Waals surface area (Å²) in [6, 6.07) is 1.90. The van der Waals surface area contributed by atoms with Gasteiger partial charge in [-0.05, 0) is 6.07 Å². The summed E-state index contributed by atoms with van der Waals surface area (Å²) in [4.78, 5) is 6.50. The van der Waals surface area contributed by atoms with Crippen molar-refractivity contribution in [2.75, 3.05) is 18.0 Å². The van der Waals surface area contributed by atoms with Crippen molar-refractivity contribution in [2.24, 2.45) is 0 Å². The van der Waals surface area contributed by atoms with Crippen LogP contribution in [-0.2, 0) is 6.61 Å². The van der Waals surface area contributed by atoms with Gasteiger partial charge in [-0.3, -0.25) is 4.98 Å². The van der Waals surface area contributed by atoms with E-state index in [2.05, 4.69) is 23.7 Å². The third-order valence-electron chi connectivity index (χ3n) is 2.82. The van der Waals surface area contributed by atoms with Gasteiger partial charge in [-0.2, -0.15) is 11.8 Å². The van der Waals surface area contributed by atoms with E-state index in [9.17, 15) is 5.11 Å². The molecule has 16 heavy (non-hydrogen) atoms. The molecule has 0 saturated carbocycles. The van der Waals surface area contributed by atoms with Crippen LogP contribution in [0.3, 0.4) is 0 Å². The van der Waals surface area contributed by atoms with Crippen LogP contribution in [0.5, 0.6) is 0 Å². The molecule has 2 rings (SSSR count). The molecule has 2 unspecified atom stereocenters. The smallest absolute Gasteiger partial charge is 0.0703 e. The number of pyridine rings is 1. The first-order chi connectivity index (χ1) is 7.70. The van der Waals surface area contributed by atoms with Crippen LogP contribution in [0.2, 0.25) is 0 Å². The second-order valence-corrected chi connectivity index (χ2v) is 6.21. The maximum atomic E-state index is 9.32. The molecule has 1 fully saturated rings. The molecule has 1 aliphatic heterocycles. The number of aliphatic hydroxyl groups is 1. The molecule has 0 aliphatic carbocycles. The summed E-state index contributed by atoms with van der Waals surface area (Å²) in [5.41, 5.74) is 2.06. The monoisotopic (exact) mass is 238 g/mol. The van der Waals surface area contributed by atoms with Gasteiger partial charge in [-0.15, -0.1) is 0 Å². The van der Waals surface area contributed by atoms with E-state index in [0.29, 0.717) is 10.5 Å². The number of aliphatic hydroxyl groups excluding tert-OH is 1. The van der Waals surface area contributed by atoms with E-state index in [1.165, 1.54) is 0 Å².